The lowest BCUT2D eigenvalue weighted by Crippen LogP contribution is -2.32. The lowest BCUT2D eigenvalue weighted by molar-refractivity contribution is -0.123. The number of rotatable bonds is 9. The highest BCUT2D eigenvalue weighted by Crippen LogP contribution is 2.18. The van der Waals surface area contributed by atoms with Crippen LogP contribution in [0.2, 0.25) is 0 Å². The van der Waals surface area contributed by atoms with E-state index in [1.807, 2.05) is 31.2 Å². The van der Waals surface area contributed by atoms with Crippen molar-refractivity contribution in [1.29, 1.82) is 0 Å². The summed E-state index contributed by atoms with van der Waals surface area (Å²) in [5.74, 6) is 0.308. The molecule has 0 heterocycles. The van der Waals surface area contributed by atoms with Gasteiger partial charge in [-0.2, -0.15) is 0 Å². The molecule has 0 aliphatic carbocycles. The molecule has 2 aromatic carbocycles. The number of nitrogens with one attached hydrogen (secondary N) is 1. The van der Waals surface area contributed by atoms with Crippen LogP contribution in [0.25, 0.3) is 0 Å². The maximum absolute atomic E-state index is 11.9. The van der Waals surface area contributed by atoms with Gasteiger partial charge in [0.2, 0.25) is 0 Å². The first kappa shape index (κ1) is 19.3. The zero-order valence-corrected chi connectivity index (χ0v) is 15.0. The van der Waals surface area contributed by atoms with E-state index in [1.165, 1.54) is 0 Å². The number of ether oxygens (including phenoxy) is 3. The Kier molecular flexibility index (Phi) is 7.49. The van der Waals surface area contributed by atoms with Crippen LogP contribution in [0.4, 0.5) is 0 Å². The summed E-state index contributed by atoms with van der Waals surface area (Å²) in [6, 6.07) is 14.4. The molecule has 2 aromatic rings. The average Bonchev–Trinajstić information content (AvgIpc) is 2.64. The zero-order chi connectivity index (χ0) is 18.8. The number of aryl methyl sites for hydroxylation is 1. The fourth-order valence-electron chi connectivity index (χ4n) is 2.23. The molecule has 1 N–H and O–H groups in total. The molecule has 0 aromatic heterocycles. The minimum atomic E-state index is -0.477. The molecule has 0 atom stereocenters. The molecule has 0 spiro atoms. The van der Waals surface area contributed by atoms with Gasteiger partial charge in [-0.1, -0.05) is 24.3 Å². The molecule has 26 heavy (non-hydrogen) atoms. The predicted molar refractivity (Wildman–Crippen MR) is 97.6 cm³/mol. The van der Waals surface area contributed by atoms with Gasteiger partial charge in [-0.3, -0.25) is 4.79 Å². The van der Waals surface area contributed by atoms with Crippen molar-refractivity contribution in [2.75, 3.05) is 26.4 Å². The number of amides is 1. The van der Waals surface area contributed by atoms with Gasteiger partial charge < -0.3 is 19.5 Å². The molecule has 0 radical (unpaired) electrons. The number of benzene rings is 2. The monoisotopic (exact) mass is 357 g/mol. The number of esters is 1. The first-order chi connectivity index (χ1) is 12.6. The first-order valence-corrected chi connectivity index (χ1v) is 8.45. The molecule has 0 unspecified atom stereocenters. The topological polar surface area (TPSA) is 73.9 Å². The van der Waals surface area contributed by atoms with E-state index in [2.05, 4.69) is 5.32 Å². The van der Waals surface area contributed by atoms with E-state index in [-0.39, 0.29) is 19.1 Å². The molecule has 6 heteroatoms. The number of para-hydroxylation sites is 1. The zero-order valence-electron chi connectivity index (χ0n) is 15.0. The summed E-state index contributed by atoms with van der Waals surface area (Å²) in [5, 5.41) is 2.71. The van der Waals surface area contributed by atoms with E-state index in [4.69, 9.17) is 14.2 Å². The van der Waals surface area contributed by atoms with Crippen molar-refractivity contribution in [2.45, 2.75) is 13.8 Å². The van der Waals surface area contributed by atoms with E-state index < -0.39 is 5.97 Å². The van der Waals surface area contributed by atoms with Gasteiger partial charge in [-0.05, 0) is 43.7 Å². The molecule has 1 amide bonds. The molecule has 6 nitrogen and oxygen atoms in total. The standard InChI is InChI=1S/C20H23NO5/c1-3-24-20(23)17-9-4-5-10-18(17)26-14-19(22)21-11-12-25-16-8-6-7-15(2)13-16/h4-10,13H,3,11-12,14H2,1-2H3,(H,21,22). The van der Waals surface area contributed by atoms with Crippen molar-refractivity contribution in [3.8, 4) is 11.5 Å². The minimum Gasteiger partial charge on any atom is -0.492 e. The predicted octanol–water partition coefficient (Wildman–Crippen LogP) is 2.75. The molecule has 0 bridgehead atoms. The van der Waals surface area contributed by atoms with Gasteiger partial charge in [0, 0.05) is 0 Å². The van der Waals surface area contributed by atoms with E-state index >= 15 is 0 Å². The SMILES string of the molecule is CCOC(=O)c1ccccc1OCC(=O)NCCOc1cccc(C)c1. The lowest BCUT2D eigenvalue weighted by atomic mass is 10.2. The molecular formula is C20H23NO5. The van der Waals surface area contributed by atoms with Gasteiger partial charge in [-0.25, -0.2) is 4.79 Å². The number of hydrogen-bond acceptors (Lipinski definition) is 5. The lowest BCUT2D eigenvalue weighted by Gasteiger charge is -2.11. The fraction of sp³-hybridized carbons (Fsp3) is 0.300. The van der Waals surface area contributed by atoms with Gasteiger partial charge in [0.05, 0.1) is 13.2 Å². The quantitative estimate of drug-likeness (QED) is 0.552. The van der Waals surface area contributed by atoms with E-state index in [9.17, 15) is 9.59 Å². The third-order valence-electron chi connectivity index (χ3n) is 3.42. The van der Waals surface area contributed by atoms with Crippen molar-refractivity contribution in [2.24, 2.45) is 0 Å². The summed E-state index contributed by atoms with van der Waals surface area (Å²) in [5.41, 5.74) is 1.41. The van der Waals surface area contributed by atoms with Crippen LogP contribution in [-0.2, 0) is 9.53 Å². The number of carbonyl (C=O) groups is 2. The Hall–Kier alpha value is -3.02. The van der Waals surface area contributed by atoms with Crippen LogP contribution in [0.5, 0.6) is 11.5 Å². The van der Waals surface area contributed by atoms with Crippen molar-refractivity contribution in [1.82, 2.24) is 5.32 Å². The summed E-state index contributed by atoms with van der Waals surface area (Å²) in [4.78, 5) is 23.7. The van der Waals surface area contributed by atoms with Crippen LogP contribution in [0.3, 0.4) is 0 Å². The Bertz CT molecular complexity index is 744. The second kappa shape index (κ2) is 10.1. The van der Waals surface area contributed by atoms with Crippen LogP contribution in [-0.4, -0.2) is 38.2 Å². The van der Waals surface area contributed by atoms with Crippen LogP contribution >= 0.6 is 0 Å². The Morgan fingerprint density at radius 1 is 1.04 bits per heavy atom. The molecule has 0 saturated carbocycles. The number of carbonyl (C=O) groups excluding carboxylic acids is 2. The fourth-order valence-corrected chi connectivity index (χ4v) is 2.23. The normalized spacial score (nSPS) is 10.1. The Balaban J connectivity index is 1.74. The van der Waals surface area contributed by atoms with Crippen molar-refractivity contribution < 1.29 is 23.8 Å². The second-order valence-electron chi connectivity index (χ2n) is 5.52. The van der Waals surface area contributed by atoms with Crippen LogP contribution in [0.1, 0.15) is 22.8 Å². The highest BCUT2D eigenvalue weighted by atomic mass is 16.5. The summed E-state index contributed by atoms with van der Waals surface area (Å²) in [7, 11) is 0. The van der Waals surface area contributed by atoms with E-state index in [0.29, 0.717) is 24.5 Å². The maximum Gasteiger partial charge on any atom is 0.341 e. The van der Waals surface area contributed by atoms with Crippen molar-refractivity contribution >= 4 is 11.9 Å². The van der Waals surface area contributed by atoms with Gasteiger partial charge in [0.25, 0.3) is 5.91 Å². The number of hydrogen-bond donors (Lipinski definition) is 1. The molecule has 0 aliphatic rings. The molecule has 0 fully saturated rings. The van der Waals surface area contributed by atoms with E-state index in [0.717, 1.165) is 11.3 Å². The third kappa shape index (κ3) is 6.12. The first-order valence-electron chi connectivity index (χ1n) is 8.45. The van der Waals surface area contributed by atoms with Gasteiger partial charge >= 0.3 is 5.97 Å². The van der Waals surface area contributed by atoms with Crippen molar-refractivity contribution in [3.05, 3.63) is 59.7 Å². The van der Waals surface area contributed by atoms with E-state index in [1.54, 1.807) is 31.2 Å². The summed E-state index contributed by atoms with van der Waals surface area (Å²) >= 11 is 0. The molecule has 0 aliphatic heterocycles. The van der Waals surface area contributed by atoms with Crippen LogP contribution in [0.15, 0.2) is 48.5 Å². The second-order valence-corrected chi connectivity index (χ2v) is 5.52. The Morgan fingerprint density at radius 2 is 1.85 bits per heavy atom. The summed E-state index contributed by atoms with van der Waals surface area (Å²) < 4.78 is 16.0. The summed E-state index contributed by atoms with van der Waals surface area (Å²) in [6.45, 7) is 4.51. The maximum atomic E-state index is 11.9. The Morgan fingerprint density at radius 3 is 2.62 bits per heavy atom. The molecule has 0 saturated heterocycles. The van der Waals surface area contributed by atoms with Gasteiger partial charge in [0.15, 0.2) is 6.61 Å². The largest absolute Gasteiger partial charge is 0.492 e. The van der Waals surface area contributed by atoms with Gasteiger partial charge in [0.1, 0.15) is 23.7 Å². The van der Waals surface area contributed by atoms with Crippen molar-refractivity contribution in [3.63, 3.8) is 0 Å². The molecule has 2 rings (SSSR count). The highest BCUT2D eigenvalue weighted by molar-refractivity contribution is 5.92. The minimum absolute atomic E-state index is 0.194. The van der Waals surface area contributed by atoms with Crippen LogP contribution in [0, 0.1) is 6.92 Å². The highest BCUT2D eigenvalue weighted by Gasteiger charge is 2.14. The van der Waals surface area contributed by atoms with Gasteiger partial charge in [-0.15, -0.1) is 0 Å². The average molecular weight is 357 g/mol. The Labute approximate surface area is 153 Å². The third-order valence-corrected chi connectivity index (χ3v) is 3.42. The summed E-state index contributed by atoms with van der Waals surface area (Å²) in [6.07, 6.45) is 0. The smallest absolute Gasteiger partial charge is 0.341 e. The molecule has 138 valence electrons. The molecular weight excluding hydrogens is 334 g/mol. The van der Waals surface area contributed by atoms with Crippen LogP contribution < -0.4 is 14.8 Å².